The molecule has 0 saturated carbocycles. The van der Waals surface area contributed by atoms with Gasteiger partial charge in [-0.15, -0.1) is 0 Å². The number of aromatic nitrogens is 1. The zero-order valence-electron chi connectivity index (χ0n) is 9.33. The Kier molecular flexibility index (Phi) is 5.02. The summed E-state index contributed by atoms with van der Waals surface area (Å²) in [5, 5.41) is 19.4. The molecule has 0 aliphatic carbocycles. The number of nitrogens with zero attached hydrogens (tertiary/aromatic N) is 1. The first-order chi connectivity index (χ1) is 8.11. The molecule has 1 aromatic rings. The SMILES string of the molecule is CCCCc1nc(O)c(NNC=O)c(O)c1Br. The van der Waals surface area contributed by atoms with Crippen LogP contribution in [0.1, 0.15) is 25.5 Å². The fraction of sp³-hybridized carbons (Fsp3) is 0.400. The number of anilines is 1. The van der Waals surface area contributed by atoms with Gasteiger partial charge in [-0.3, -0.25) is 15.6 Å². The van der Waals surface area contributed by atoms with Crippen LogP contribution in [0, 0.1) is 0 Å². The molecule has 0 aliphatic heterocycles. The number of aryl methyl sites for hydroxylation is 1. The van der Waals surface area contributed by atoms with Crippen LogP contribution in [0.5, 0.6) is 11.6 Å². The summed E-state index contributed by atoms with van der Waals surface area (Å²) in [4.78, 5) is 14.1. The second-order valence-corrected chi connectivity index (χ2v) is 4.20. The van der Waals surface area contributed by atoms with Gasteiger partial charge in [-0.1, -0.05) is 13.3 Å². The number of halogens is 1. The lowest BCUT2D eigenvalue weighted by Gasteiger charge is -2.12. The molecule has 0 aromatic carbocycles. The van der Waals surface area contributed by atoms with Crippen LogP contribution in [0.2, 0.25) is 0 Å². The van der Waals surface area contributed by atoms with Crippen molar-refractivity contribution < 1.29 is 15.0 Å². The Hall–Kier alpha value is -1.50. The van der Waals surface area contributed by atoms with Crippen molar-refractivity contribution in [1.29, 1.82) is 0 Å². The smallest absolute Gasteiger partial charge is 0.240 e. The third kappa shape index (κ3) is 3.23. The third-order valence-corrected chi connectivity index (χ3v) is 3.02. The fourth-order valence-electron chi connectivity index (χ4n) is 1.31. The first-order valence-corrected chi connectivity index (χ1v) is 5.96. The lowest BCUT2D eigenvalue weighted by atomic mass is 10.2. The molecule has 4 N–H and O–H groups in total. The summed E-state index contributed by atoms with van der Waals surface area (Å²) < 4.78 is 0.416. The Morgan fingerprint density at radius 3 is 2.76 bits per heavy atom. The molecule has 1 aromatic heterocycles. The molecule has 6 nitrogen and oxygen atoms in total. The van der Waals surface area contributed by atoms with Crippen LogP contribution in [0.15, 0.2) is 4.47 Å². The Balaban J connectivity index is 3.03. The Labute approximate surface area is 107 Å². The number of rotatable bonds is 6. The first-order valence-electron chi connectivity index (χ1n) is 5.17. The van der Waals surface area contributed by atoms with E-state index in [1.54, 1.807) is 0 Å². The molecule has 7 heteroatoms. The van der Waals surface area contributed by atoms with Gasteiger partial charge in [0, 0.05) is 0 Å². The quantitative estimate of drug-likeness (QED) is 0.474. The zero-order valence-corrected chi connectivity index (χ0v) is 10.9. The molecule has 0 bridgehead atoms. The second-order valence-electron chi connectivity index (χ2n) is 3.41. The van der Waals surface area contributed by atoms with Gasteiger partial charge in [-0.2, -0.15) is 0 Å². The van der Waals surface area contributed by atoms with Crippen molar-refractivity contribution in [1.82, 2.24) is 10.4 Å². The topological polar surface area (TPSA) is 94.5 Å². The molecule has 0 unspecified atom stereocenters. The Morgan fingerprint density at radius 2 is 2.18 bits per heavy atom. The minimum Gasteiger partial charge on any atom is -0.504 e. The monoisotopic (exact) mass is 303 g/mol. The Morgan fingerprint density at radius 1 is 1.47 bits per heavy atom. The largest absolute Gasteiger partial charge is 0.504 e. The van der Waals surface area contributed by atoms with E-state index >= 15 is 0 Å². The van der Waals surface area contributed by atoms with Crippen LogP contribution in [-0.2, 0) is 11.2 Å². The molecule has 0 saturated heterocycles. The van der Waals surface area contributed by atoms with Crippen LogP contribution in [0.3, 0.4) is 0 Å². The third-order valence-electron chi connectivity index (χ3n) is 2.19. The number of hydrogen-bond acceptors (Lipinski definition) is 5. The molecule has 1 heterocycles. The number of unbranched alkanes of at least 4 members (excludes halogenated alkanes) is 1. The highest BCUT2D eigenvalue weighted by atomic mass is 79.9. The maximum absolute atomic E-state index is 10.1. The number of amides is 1. The van der Waals surface area contributed by atoms with E-state index in [1.807, 2.05) is 6.92 Å². The van der Waals surface area contributed by atoms with E-state index in [2.05, 4.69) is 31.8 Å². The number of carbonyl (C=O) groups excluding carboxylic acids is 1. The standard InChI is InChI=1S/C10H14BrN3O3/c1-2-3-4-6-7(11)9(16)8(10(17)13-6)14-12-5-15/h5,14H,2-4H2,1H3,(H,12,15)(H2,13,16,17). The number of hydrogen-bond donors (Lipinski definition) is 4. The number of aromatic hydroxyl groups is 2. The number of nitrogens with one attached hydrogen (secondary N) is 2. The normalized spacial score (nSPS) is 10.0. The summed E-state index contributed by atoms with van der Waals surface area (Å²) in [5.74, 6) is -0.538. The van der Waals surface area contributed by atoms with Gasteiger partial charge in [0.25, 0.3) is 0 Å². The van der Waals surface area contributed by atoms with Crippen molar-refractivity contribution in [3.63, 3.8) is 0 Å². The van der Waals surface area contributed by atoms with Gasteiger partial charge in [-0.25, -0.2) is 4.98 Å². The maximum atomic E-state index is 10.1. The van der Waals surface area contributed by atoms with E-state index in [0.29, 0.717) is 23.0 Å². The van der Waals surface area contributed by atoms with Crippen molar-refractivity contribution in [2.75, 3.05) is 5.43 Å². The molecular weight excluding hydrogens is 290 g/mol. The highest BCUT2D eigenvalue weighted by molar-refractivity contribution is 9.10. The highest BCUT2D eigenvalue weighted by Crippen LogP contribution is 2.39. The summed E-state index contributed by atoms with van der Waals surface area (Å²) in [5.41, 5.74) is 5.01. The van der Waals surface area contributed by atoms with Crippen LogP contribution in [0.4, 0.5) is 5.69 Å². The number of hydrazine groups is 1. The van der Waals surface area contributed by atoms with E-state index < -0.39 is 0 Å². The zero-order chi connectivity index (χ0) is 12.8. The van der Waals surface area contributed by atoms with E-state index in [4.69, 9.17) is 0 Å². The summed E-state index contributed by atoms with van der Waals surface area (Å²) in [6.07, 6.45) is 2.93. The van der Waals surface area contributed by atoms with Crippen molar-refractivity contribution in [2.45, 2.75) is 26.2 Å². The maximum Gasteiger partial charge on any atom is 0.240 e. The molecule has 17 heavy (non-hydrogen) atoms. The van der Waals surface area contributed by atoms with E-state index in [-0.39, 0.29) is 17.3 Å². The summed E-state index contributed by atoms with van der Waals surface area (Å²) in [6.45, 7) is 2.04. The summed E-state index contributed by atoms with van der Waals surface area (Å²) in [6, 6.07) is 0. The molecule has 94 valence electrons. The Bertz CT molecular complexity index is 412. The highest BCUT2D eigenvalue weighted by Gasteiger charge is 2.16. The number of carbonyl (C=O) groups is 1. The van der Waals surface area contributed by atoms with E-state index in [9.17, 15) is 15.0 Å². The minimum absolute atomic E-state index is 0.0378. The average molecular weight is 304 g/mol. The van der Waals surface area contributed by atoms with E-state index in [1.165, 1.54) is 0 Å². The van der Waals surface area contributed by atoms with Crippen LogP contribution in [-0.4, -0.2) is 21.6 Å². The van der Waals surface area contributed by atoms with Crippen molar-refractivity contribution in [3.8, 4) is 11.6 Å². The summed E-state index contributed by atoms with van der Waals surface area (Å²) in [7, 11) is 0. The van der Waals surface area contributed by atoms with Gasteiger partial charge >= 0.3 is 0 Å². The molecule has 0 fully saturated rings. The van der Waals surface area contributed by atoms with Crippen LogP contribution in [0.25, 0.3) is 0 Å². The van der Waals surface area contributed by atoms with Gasteiger partial charge in [0.15, 0.2) is 11.4 Å². The first kappa shape index (κ1) is 13.6. The van der Waals surface area contributed by atoms with Crippen molar-refractivity contribution in [3.05, 3.63) is 10.2 Å². The minimum atomic E-state index is -0.355. The van der Waals surface area contributed by atoms with Crippen molar-refractivity contribution in [2.24, 2.45) is 0 Å². The average Bonchev–Trinajstić information content (AvgIpc) is 2.32. The lowest BCUT2D eigenvalue weighted by Crippen LogP contribution is -2.19. The fourth-order valence-corrected chi connectivity index (χ4v) is 1.80. The van der Waals surface area contributed by atoms with E-state index in [0.717, 1.165) is 12.8 Å². The molecule has 0 spiro atoms. The second kappa shape index (κ2) is 6.29. The van der Waals surface area contributed by atoms with Gasteiger partial charge in [-0.05, 0) is 28.8 Å². The lowest BCUT2D eigenvalue weighted by molar-refractivity contribution is -0.109. The van der Waals surface area contributed by atoms with Gasteiger partial charge < -0.3 is 10.2 Å². The molecule has 0 aliphatic rings. The van der Waals surface area contributed by atoms with Crippen molar-refractivity contribution >= 4 is 28.0 Å². The molecule has 0 atom stereocenters. The summed E-state index contributed by atoms with van der Waals surface area (Å²) >= 11 is 3.21. The molecular formula is C10H14BrN3O3. The predicted octanol–water partition coefficient (Wildman–Crippen LogP) is 1.67. The van der Waals surface area contributed by atoms with Gasteiger partial charge in [0.05, 0.1) is 10.2 Å². The van der Waals surface area contributed by atoms with Gasteiger partial charge in [0.1, 0.15) is 0 Å². The molecule has 1 rings (SSSR count). The van der Waals surface area contributed by atoms with Crippen LogP contribution >= 0.6 is 15.9 Å². The molecule has 1 amide bonds. The predicted molar refractivity (Wildman–Crippen MR) is 66.7 cm³/mol. The van der Waals surface area contributed by atoms with Crippen LogP contribution < -0.4 is 10.9 Å². The number of pyridine rings is 1. The molecule has 0 radical (unpaired) electrons. The van der Waals surface area contributed by atoms with Gasteiger partial charge in [0.2, 0.25) is 12.3 Å².